The standard InChI is InChI=1S/C14H8ClIN2OS/c15-11-4-3-8(16)6-10(11)13-17-12(14(19)18-13)7-9-2-1-5-20-9/h1-7H,(H,17,18,19)/b12-7-. The van der Waals surface area contributed by atoms with E-state index in [0.29, 0.717) is 16.6 Å². The molecule has 0 aliphatic carbocycles. The number of aliphatic imine (C=N–C) groups is 1. The smallest absolute Gasteiger partial charge is 0.275 e. The maximum absolute atomic E-state index is 11.9. The summed E-state index contributed by atoms with van der Waals surface area (Å²) in [5, 5.41) is 5.29. The van der Waals surface area contributed by atoms with Crippen LogP contribution in [0.25, 0.3) is 6.08 Å². The minimum atomic E-state index is -0.205. The summed E-state index contributed by atoms with van der Waals surface area (Å²) in [6.07, 6.45) is 1.77. The molecule has 2 aromatic rings. The Morgan fingerprint density at radius 1 is 1.35 bits per heavy atom. The molecule has 1 amide bonds. The molecule has 1 aromatic carbocycles. The van der Waals surface area contributed by atoms with Crippen LogP contribution in [-0.2, 0) is 4.79 Å². The fourth-order valence-corrected chi connectivity index (χ4v) is 3.13. The molecular weight excluding hydrogens is 407 g/mol. The summed E-state index contributed by atoms with van der Waals surface area (Å²) in [7, 11) is 0. The van der Waals surface area contributed by atoms with Crippen molar-refractivity contribution in [3.8, 4) is 0 Å². The molecule has 0 radical (unpaired) electrons. The number of benzene rings is 1. The SMILES string of the molecule is O=C1NC(c2cc(I)ccc2Cl)=N/C1=C\c1cccs1. The van der Waals surface area contributed by atoms with Gasteiger partial charge in [-0.1, -0.05) is 17.7 Å². The topological polar surface area (TPSA) is 41.5 Å². The zero-order chi connectivity index (χ0) is 14.1. The van der Waals surface area contributed by atoms with Crippen LogP contribution in [0.4, 0.5) is 0 Å². The summed E-state index contributed by atoms with van der Waals surface area (Å²) < 4.78 is 1.04. The number of halogens is 2. The number of hydrogen-bond donors (Lipinski definition) is 1. The number of amidine groups is 1. The van der Waals surface area contributed by atoms with Crippen LogP contribution in [0.15, 0.2) is 46.4 Å². The van der Waals surface area contributed by atoms with Crippen molar-refractivity contribution in [2.45, 2.75) is 0 Å². The molecule has 1 N–H and O–H groups in total. The third-order valence-corrected chi connectivity index (χ3v) is 4.52. The van der Waals surface area contributed by atoms with Gasteiger partial charge in [0.2, 0.25) is 0 Å². The van der Waals surface area contributed by atoms with Crippen LogP contribution >= 0.6 is 45.5 Å². The molecule has 100 valence electrons. The van der Waals surface area contributed by atoms with Crippen molar-refractivity contribution in [1.82, 2.24) is 5.32 Å². The Labute approximate surface area is 138 Å². The number of carbonyl (C=O) groups is 1. The number of hydrogen-bond acceptors (Lipinski definition) is 3. The van der Waals surface area contributed by atoms with E-state index in [4.69, 9.17) is 11.6 Å². The Balaban J connectivity index is 2.00. The second-order valence-corrected chi connectivity index (χ2v) is 6.72. The van der Waals surface area contributed by atoms with Crippen LogP contribution in [0.1, 0.15) is 10.4 Å². The van der Waals surface area contributed by atoms with E-state index < -0.39 is 0 Å². The Morgan fingerprint density at radius 2 is 2.20 bits per heavy atom. The molecule has 0 atom stereocenters. The van der Waals surface area contributed by atoms with Crippen LogP contribution in [-0.4, -0.2) is 11.7 Å². The van der Waals surface area contributed by atoms with Gasteiger partial charge in [0.25, 0.3) is 5.91 Å². The Morgan fingerprint density at radius 3 is 2.95 bits per heavy atom. The maximum Gasteiger partial charge on any atom is 0.275 e. The molecule has 1 aromatic heterocycles. The monoisotopic (exact) mass is 414 g/mol. The van der Waals surface area contributed by atoms with Gasteiger partial charge < -0.3 is 5.32 Å². The summed E-state index contributed by atoms with van der Waals surface area (Å²) in [5.74, 6) is 0.296. The minimum absolute atomic E-state index is 0.205. The zero-order valence-electron chi connectivity index (χ0n) is 10.1. The van der Waals surface area contributed by atoms with Crippen LogP contribution < -0.4 is 5.32 Å². The number of amides is 1. The first-order valence-corrected chi connectivity index (χ1v) is 8.08. The van der Waals surface area contributed by atoms with E-state index in [1.165, 1.54) is 0 Å². The lowest BCUT2D eigenvalue weighted by atomic mass is 10.2. The first-order chi connectivity index (χ1) is 9.63. The normalized spacial score (nSPS) is 16.4. The predicted molar refractivity (Wildman–Crippen MR) is 91.1 cm³/mol. The summed E-state index contributed by atoms with van der Waals surface area (Å²) in [6.45, 7) is 0. The van der Waals surface area contributed by atoms with Crippen molar-refractivity contribution in [2.75, 3.05) is 0 Å². The molecule has 2 heterocycles. The maximum atomic E-state index is 11.9. The van der Waals surface area contributed by atoms with Crippen LogP contribution in [0, 0.1) is 3.57 Å². The Hall–Kier alpha value is -1.18. The van der Waals surface area contributed by atoms with Crippen molar-refractivity contribution in [1.29, 1.82) is 0 Å². The van der Waals surface area contributed by atoms with Gasteiger partial charge in [-0.2, -0.15) is 0 Å². The van der Waals surface area contributed by atoms with Gasteiger partial charge in [-0.15, -0.1) is 11.3 Å². The second-order valence-electron chi connectivity index (χ2n) is 4.08. The average Bonchev–Trinajstić information content (AvgIpc) is 3.04. The minimum Gasteiger partial charge on any atom is -0.305 e. The third kappa shape index (κ3) is 2.79. The predicted octanol–water partition coefficient (Wildman–Crippen LogP) is 3.92. The second kappa shape index (κ2) is 5.67. The molecule has 3 rings (SSSR count). The number of nitrogens with one attached hydrogen (secondary N) is 1. The molecule has 0 saturated heterocycles. The van der Waals surface area contributed by atoms with Crippen molar-refractivity contribution < 1.29 is 4.79 Å². The summed E-state index contributed by atoms with van der Waals surface area (Å²) in [4.78, 5) is 17.3. The number of thiophene rings is 1. The van der Waals surface area contributed by atoms with Crippen LogP contribution in [0.2, 0.25) is 5.02 Å². The molecule has 0 spiro atoms. The lowest BCUT2D eigenvalue weighted by molar-refractivity contribution is -0.115. The summed E-state index contributed by atoms with van der Waals surface area (Å²) in [6, 6.07) is 9.48. The lowest BCUT2D eigenvalue weighted by Gasteiger charge is -2.03. The van der Waals surface area contributed by atoms with E-state index in [1.54, 1.807) is 23.5 Å². The number of nitrogens with zero attached hydrogens (tertiary/aromatic N) is 1. The highest BCUT2D eigenvalue weighted by molar-refractivity contribution is 14.1. The molecule has 6 heteroatoms. The van der Waals surface area contributed by atoms with Gasteiger partial charge >= 0.3 is 0 Å². The Bertz CT molecular complexity index is 738. The van der Waals surface area contributed by atoms with Crippen LogP contribution in [0.3, 0.4) is 0 Å². The highest BCUT2D eigenvalue weighted by Crippen LogP contribution is 2.23. The van der Waals surface area contributed by atoms with E-state index in [9.17, 15) is 4.79 Å². The first-order valence-electron chi connectivity index (χ1n) is 5.74. The first kappa shape index (κ1) is 13.8. The molecule has 0 fully saturated rings. The molecule has 3 nitrogen and oxygen atoms in total. The van der Waals surface area contributed by atoms with Gasteiger partial charge in [0.05, 0.1) is 5.02 Å². The van der Waals surface area contributed by atoms with E-state index in [0.717, 1.165) is 14.0 Å². The molecular formula is C14H8ClIN2OS. The van der Waals surface area contributed by atoms with Crippen molar-refractivity contribution >= 4 is 63.3 Å². The highest BCUT2D eigenvalue weighted by Gasteiger charge is 2.22. The summed E-state index contributed by atoms with van der Waals surface area (Å²) in [5.41, 5.74) is 1.14. The third-order valence-electron chi connectivity index (χ3n) is 2.70. The van der Waals surface area contributed by atoms with E-state index >= 15 is 0 Å². The van der Waals surface area contributed by atoms with E-state index in [-0.39, 0.29) is 5.91 Å². The number of rotatable bonds is 2. The van der Waals surface area contributed by atoms with Crippen molar-refractivity contribution in [3.05, 3.63) is 60.4 Å². The van der Waals surface area contributed by atoms with Gasteiger partial charge in [-0.25, -0.2) is 4.99 Å². The quantitative estimate of drug-likeness (QED) is 0.587. The van der Waals surface area contributed by atoms with Gasteiger partial charge in [0.15, 0.2) is 0 Å². The molecule has 0 unspecified atom stereocenters. The van der Waals surface area contributed by atoms with Crippen molar-refractivity contribution in [2.24, 2.45) is 4.99 Å². The lowest BCUT2D eigenvalue weighted by Crippen LogP contribution is -2.25. The van der Waals surface area contributed by atoms with Gasteiger partial charge in [-0.3, -0.25) is 4.79 Å². The fourth-order valence-electron chi connectivity index (χ4n) is 1.78. The molecule has 0 bridgehead atoms. The average molecular weight is 415 g/mol. The molecule has 1 aliphatic heterocycles. The molecule has 0 saturated carbocycles. The van der Waals surface area contributed by atoms with Gasteiger partial charge in [0, 0.05) is 14.0 Å². The largest absolute Gasteiger partial charge is 0.305 e. The number of carbonyl (C=O) groups excluding carboxylic acids is 1. The highest BCUT2D eigenvalue weighted by atomic mass is 127. The Kier molecular flexibility index (Phi) is 3.91. The fraction of sp³-hybridized carbons (Fsp3) is 0. The molecule has 1 aliphatic rings. The zero-order valence-corrected chi connectivity index (χ0v) is 13.8. The van der Waals surface area contributed by atoms with E-state index in [1.807, 2.05) is 29.6 Å². The van der Waals surface area contributed by atoms with E-state index in [2.05, 4.69) is 32.9 Å². The van der Waals surface area contributed by atoms with Gasteiger partial charge in [0.1, 0.15) is 11.5 Å². The molecule has 20 heavy (non-hydrogen) atoms. The summed E-state index contributed by atoms with van der Waals surface area (Å²) >= 11 is 9.92. The van der Waals surface area contributed by atoms with Crippen LogP contribution in [0.5, 0.6) is 0 Å². The van der Waals surface area contributed by atoms with Crippen molar-refractivity contribution in [3.63, 3.8) is 0 Å². The van der Waals surface area contributed by atoms with Gasteiger partial charge in [-0.05, 0) is 58.3 Å².